The number of anilines is 1. The summed E-state index contributed by atoms with van der Waals surface area (Å²) in [5, 5.41) is 2.94. The van der Waals surface area contributed by atoms with E-state index in [1.165, 1.54) is 12.1 Å². The highest BCUT2D eigenvalue weighted by Crippen LogP contribution is 2.30. The first kappa shape index (κ1) is 13.0. The lowest BCUT2D eigenvalue weighted by Gasteiger charge is -2.28. The molecule has 3 rings (SSSR count). The van der Waals surface area contributed by atoms with Crippen LogP contribution in [0.4, 0.5) is 14.5 Å². The quantitative estimate of drug-likeness (QED) is 0.849. The molecule has 1 aliphatic rings. The molecule has 0 spiro atoms. The van der Waals surface area contributed by atoms with E-state index in [-0.39, 0.29) is 4.90 Å². The summed E-state index contributed by atoms with van der Waals surface area (Å²) < 4.78 is 52.7. The molecule has 1 atom stereocenters. The van der Waals surface area contributed by atoms with Gasteiger partial charge in [0.2, 0.25) is 10.0 Å². The topological polar surface area (TPSA) is 58.2 Å². The predicted octanol–water partition coefficient (Wildman–Crippen LogP) is 2.37. The number of sulfonamides is 1. The van der Waals surface area contributed by atoms with Crippen LogP contribution in [0.2, 0.25) is 0 Å². The first-order chi connectivity index (χ1) is 9.47. The average Bonchev–Trinajstić information content (AvgIpc) is 2.41. The normalized spacial score (nSPS) is 20.0. The van der Waals surface area contributed by atoms with E-state index >= 15 is 0 Å². The second kappa shape index (κ2) is 4.53. The average molecular weight is 296 g/mol. The Bertz CT molecular complexity index is 778. The van der Waals surface area contributed by atoms with Crippen LogP contribution in [0.15, 0.2) is 47.4 Å². The molecule has 0 aromatic heterocycles. The third-order valence-corrected chi connectivity index (χ3v) is 4.51. The Morgan fingerprint density at radius 3 is 2.50 bits per heavy atom. The van der Waals surface area contributed by atoms with Gasteiger partial charge in [-0.15, -0.1) is 0 Å². The van der Waals surface area contributed by atoms with Crippen molar-refractivity contribution < 1.29 is 17.2 Å². The molecule has 4 nitrogen and oxygen atoms in total. The molecule has 104 valence electrons. The van der Waals surface area contributed by atoms with Crippen LogP contribution in [0, 0.1) is 11.6 Å². The highest BCUT2D eigenvalue weighted by molar-refractivity contribution is 7.89. The molecule has 0 saturated carbocycles. The van der Waals surface area contributed by atoms with Crippen molar-refractivity contribution in [3.05, 3.63) is 59.7 Å². The van der Waals surface area contributed by atoms with Crippen molar-refractivity contribution in [3.8, 4) is 0 Å². The third-order valence-electron chi connectivity index (χ3n) is 3.03. The molecule has 2 aromatic carbocycles. The van der Waals surface area contributed by atoms with Crippen molar-refractivity contribution >= 4 is 15.7 Å². The number of nitrogens with one attached hydrogen (secondary N) is 2. The Kier molecular flexibility index (Phi) is 2.95. The van der Waals surface area contributed by atoms with Gasteiger partial charge in [-0.25, -0.2) is 17.2 Å². The molecule has 0 fully saturated rings. The highest BCUT2D eigenvalue weighted by atomic mass is 32.2. The molecule has 1 aliphatic heterocycles. The molecular weight excluding hydrogens is 286 g/mol. The van der Waals surface area contributed by atoms with Gasteiger partial charge < -0.3 is 5.32 Å². The number of fused-ring (bicyclic) bond motifs is 1. The molecule has 0 amide bonds. The zero-order valence-corrected chi connectivity index (χ0v) is 10.9. The minimum Gasteiger partial charge on any atom is -0.364 e. The molecule has 20 heavy (non-hydrogen) atoms. The molecule has 0 unspecified atom stereocenters. The van der Waals surface area contributed by atoms with E-state index < -0.39 is 27.8 Å². The van der Waals surface area contributed by atoms with Crippen LogP contribution in [0.25, 0.3) is 0 Å². The van der Waals surface area contributed by atoms with Crippen molar-refractivity contribution in [2.24, 2.45) is 0 Å². The van der Waals surface area contributed by atoms with Crippen LogP contribution >= 0.6 is 0 Å². The summed E-state index contributed by atoms with van der Waals surface area (Å²) in [6.07, 6.45) is -0.843. The lowest BCUT2D eigenvalue weighted by molar-refractivity contribution is 0.504. The van der Waals surface area contributed by atoms with E-state index in [2.05, 4.69) is 10.0 Å². The molecule has 0 saturated heterocycles. The van der Waals surface area contributed by atoms with Crippen LogP contribution < -0.4 is 10.0 Å². The van der Waals surface area contributed by atoms with Crippen LogP contribution in [-0.2, 0) is 10.0 Å². The van der Waals surface area contributed by atoms with Crippen molar-refractivity contribution in [2.45, 2.75) is 11.1 Å². The Hall–Kier alpha value is -1.99. The molecule has 2 aromatic rings. The van der Waals surface area contributed by atoms with Crippen molar-refractivity contribution in [1.82, 2.24) is 4.72 Å². The monoisotopic (exact) mass is 296 g/mol. The minimum atomic E-state index is -3.69. The zero-order chi connectivity index (χ0) is 14.3. The summed E-state index contributed by atoms with van der Waals surface area (Å²) in [5.41, 5.74) is 0.711. The molecular formula is C13H10F2N2O2S. The summed E-state index contributed by atoms with van der Waals surface area (Å²) >= 11 is 0. The van der Waals surface area contributed by atoms with E-state index in [9.17, 15) is 17.2 Å². The Labute approximate surface area is 114 Å². The van der Waals surface area contributed by atoms with Gasteiger partial charge in [0.25, 0.3) is 0 Å². The highest BCUT2D eigenvalue weighted by Gasteiger charge is 2.29. The third kappa shape index (κ3) is 2.14. The fraction of sp³-hybridized carbons (Fsp3) is 0.0769. The van der Waals surface area contributed by atoms with E-state index in [1.54, 1.807) is 18.2 Å². The molecule has 0 radical (unpaired) electrons. The summed E-state index contributed by atoms with van der Waals surface area (Å²) in [6, 6.07) is 9.62. The largest absolute Gasteiger partial charge is 0.364 e. The van der Waals surface area contributed by atoms with Crippen LogP contribution in [0.3, 0.4) is 0 Å². The SMILES string of the molecule is O=S1(=O)N[C@@H](c2ccc(F)c(F)c2)Nc2ccccc21. The van der Waals surface area contributed by atoms with Crippen LogP contribution in [0.1, 0.15) is 11.7 Å². The van der Waals surface area contributed by atoms with Gasteiger partial charge in [-0.05, 0) is 29.8 Å². The molecule has 0 aliphatic carbocycles. The molecule has 1 heterocycles. The number of benzene rings is 2. The first-order valence-corrected chi connectivity index (χ1v) is 7.28. The van der Waals surface area contributed by atoms with Gasteiger partial charge in [-0.3, -0.25) is 0 Å². The van der Waals surface area contributed by atoms with Gasteiger partial charge in [-0.1, -0.05) is 18.2 Å². The van der Waals surface area contributed by atoms with Gasteiger partial charge >= 0.3 is 0 Å². The number of halogens is 2. The maximum atomic E-state index is 13.2. The number of para-hydroxylation sites is 1. The second-order valence-electron chi connectivity index (χ2n) is 4.37. The lowest BCUT2D eigenvalue weighted by atomic mass is 10.1. The Balaban J connectivity index is 2.05. The van der Waals surface area contributed by atoms with E-state index in [4.69, 9.17) is 0 Å². The molecule has 0 bridgehead atoms. The van der Waals surface area contributed by atoms with Gasteiger partial charge in [0, 0.05) is 0 Å². The molecule has 2 N–H and O–H groups in total. The van der Waals surface area contributed by atoms with Gasteiger partial charge in [0.1, 0.15) is 11.1 Å². The van der Waals surface area contributed by atoms with Crippen LogP contribution in [0.5, 0.6) is 0 Å². The lowest BCUT2D eigenvalue weighted by Crippen LogP contribution is -2.38. The zero-order valence-electron chi connectivity index (χ0n) is 10.1. The summed E-state index contributed by atoms with van der Waals surface area (Å²) in [6.45, 7) is 0. The smallest absolute Gasteiger partial charge is 0.244 e. The summed E-state index contributed by atoms with van der Waals surface area (Å²) in [4.78, 5) is 0.124. The first-order valence-electron chi connectivity index (χ1n) is 5.80. The van der Waals surface area contributed by atoms with E-state index in [0.29, 0.717) is 11.3 Å². The Morgan fingerprint density at radius 2 is 1.75 bits per heavy atom. The second-order valence-corrected chi connectivity index (χ2v) is 6.05. The van der Waals surface area contributed by atoms with Crippen molar-refractivity contribution in [3.63, 3.8) is 0 Å². The van der Waals surface area contributed by atoms with Gasteiger partial charge in [0.15, 0.2) is 11.6 Å². The maximum Gasteiger partial charge on any atom is 0.244 e. The van der Waals surface area contributed by atoms with Crippen molar-refractivity contribution in [2.75, 3.05) is 5.32 Å². The minimum absolute atomic E-state index is 0.124. The fourth-order valence-corrected chi connectivity index (χ4v) is 3.37. The number of rotatable bonds is 1. The predicted molar refractivity (Wildman–Crippen MR) is 69.5 cm³/mol. The number of hydrogen-bond donors (Lipinski definition) is 2. The van der Waals surface area contributed by atoms with E-state index in [0.717, 1.165) is 12.1 Å². The van der Waals surface area contributed by atoms with Crippen LogP contribution in [-0.4, -0.2) is 8.42 Å². The van der Waals surface area contributed by atoms with Crippen molar-refractivity contribution in [1.29, 1.82) is 0 Å². The fourth-order valence-electron chi connectivity index (χ4n) is 2.07. The maximum absolute atomic E-state index is 13.2. The Morgan fingerprint density at radius 1 is 1.00 bits per heavy atom. The summed E-state index contributed by atoms with van der Waals surface area (Å²) in [7, 11) is -3.69. The van der Waals surface area contributed by atoms with Gasteiger partial charge in [-0.2, -0.15) is 4.72 Å². The number of hydrogen-bond acceptors (Lipinski definition) is 3. The molecule has 7 heteroatoms. The summed E-state index contributed by atoms with van der Waals surface area (Å²) in [5.74, 6) is -2.00. The van der Waals surface area contributed by atoms with Gasteiger partial charge in [0.05, 0.1) is 5.69 Å². The standard InChI is InChI=1S/C13H10F2N2O2S/c14-9-6-5-8(7-10(9)15)13-16-11-3-1-2-4-12(11)20(18,19)17-13/h1-7,13,16-17H/t13-/m0/s1. The van der Waals surface area contributed by atoms with E-state index in [1.807, 2.05) is 0 Å².